The Hall–Kier alpha value is -2.58. The van der Waals surface area contributed by atoms with Crippen molar-refractivity contribution in [3.8, 4) is 28.0 Å². The smallest absolute Gasteiger partial charge is 0.124 e. The van der Waals surface area contributed by atoms with Crippen LogP contribution < -0.4 is 0 Å². The van der Waals surface area contributed by atoms with Crippen LogP contribution in [-0.2, 0) is 0 Å². The quantitative estimate of drug-likeness (QED) is 0.716. The first-order valence-corrected chi connectivity index (χ1v) is 6.72. The largest absolute Gasteiger partial charge is 0.253 e. The predicted octanol–water partition coefficient (Wildman–Crippen LogP) is 3.88. The number of thiazole rings is 1. The van der Waals surface area contributed by atoms with Gasteiger partial charge in [0.05, 0.1) is 11.3 Å². The van der Waals surface area contributed by atoms with Crippen molar-refractivity contribution in [1.82, 2.24) is 9.97 Å². The lowest BCUT2D eigenvalue weighted by molar-refractivity contribution is 0.628. The summed E-state index contributed by atoms with van der Waals surface area (Å²) in [5, 5.41) is 11.3. The molecule has 2 aromatic heterocycles. The molecular weight excluding hydrogens is 273 g/mol. The number of nitrogens with zero attached hydrogens (tertiary/aromatic N) is 3. The minimum Gasteiger partial charge on any atom is -0.253 e. The Morgan fingerprint density at radius 3 is 2.75 bits per heavy atom. The maximum absolute atomic E-state index is 13.2. The molecule has 0 atom stereocenters. The van der Waals surface area contributed by atoms with Crippen molar-refractivity contribution in [2.24, 2.45) is 0 Å². The van der Waals surface area contributed by atoms with Gasteiger partial charge in [0.25, 0.3) is 0 Å². The molecule has 0 radical (unpaired) electrons. The van der Waals surface area contributed by atoms with Crippen LogP contribution in [0.25, 0.3) is 22.0 Å². The highest BCUT2D eigenvalue weighted by atomic mass is 32.1. The van der Waals surface area contributed by atoms with E-state index in [2.05, 4.69) is 9.97 Å². The molecule has 0 saturated heterocycles. The average Bonchev–Trinajstić information content (AvgIpc) is 2.97. The molecule has 3 nitrogen and oxygen atoms in total. The molecule has 0 aliphatic heterocycles. The maximum atomic E-state index is 13.2. The number of aromatic nitrogens is 2. The average molecular weight is 281 g/mol. The van der Waals surface area contributed by atoms with Crippen LogP contribution in [0.4, 0.5) is 4.39 Å². The molecule has 0 spiro atoms. The lowest BCUT2D eigenvalue weighted by Gasteiger charge is -1.97. The lowest BCUT2D eigenvalue weighted by atomic mass is 10.2. The van der Waals surface area contributed by atoms with Crippen molar-refractivity contribution < 1.29 is 4.39 Å². The van der Waals surface area contributed by atoms with E-state index in [0.29, 0.717) is 11.3 Å². The molecule has 0 aliphatic rings. The highest BCUT2D eigenvalue weighted by Crippen LogP contribution is 2.28. The summed E-state index contributed by atoms with van der Waals surface area (Å²) in [6, 6.07) is 11.8. The molecule has 5 heteroatoms. The Kier molecular flexibility index (Phi) is 3.23. The summed E-state index contributed by atoms with van der Waals surface area (Å²) in [7, 11) is 0. The molecule has 1 aromatic carbocycles. The maximum Gasteiger partial charge on any atom is 0.124 e. The van der Waals surface area contributed by atoms with E-state index in [1.807, 2.05) is 17.5 Å². The zero-order valence-electron chi connectivity index (χ0n) is 10.2. The van der Waals surface area contributed by atoms with Crippen LogP contribution in [0.15, 0.2) is 48.0 Å². The first-order valence-electron chi connectivity index (χ1n) is 5.84. The van der Waals surface area contributed by atoms with E-state index in [9.17, 15) is 4.39 Å². The highest BCUT2D eigenvalue weighted by Gasteiger charge is 2.08. The number of benzene rings is 1. The topological polar surface area (TPSA) is 49.6 Å². The van der Waals surface area contributed by atoms with Crippen molar-refractivity contribution in [3.05, 3.63) is 59.4 Å². The molecule has 3 rings (SSSR count). The number of hydrogen-bond acceptors (Lipinski definition) is 4. The van der Waals surface area contributed by atoms with Gasteiger partial charge in [-0.15, -0.1) is 11.3 Å². The van der Waals surface area contributed by atoms with Gasteiger partial charge in [-0.3, -0.25) is 4.98 Å². The number of halogens is 1. The van der Waals surface area contributed by atoms with E-state index >= 15 is 0 Å². The predicted molar refractivity (Wildman–Crippen MR) is 75.5 cm³/mol. The third-order valence-corrected chi connectivity index (χ3v) is 3.62. The van der Waals surface area contributed by atoms with E-state index in [4.69, 9.17) is 5.26 Å². The van der Waals surface area contributed by atoms with Gasteiger partial charge in [-0.1, -0.05) is 12.1 Å². The Bertz CT molecular complexity index is 787. The van der Waals surface area contributed by atoms with Crippen LogP contribution in [0, 0.1) is 17.1 Å². The van der Waals surface area contributed by atoms with Gasteiger partial charge in [-0.25, -0.2) is 9.37 Å². The molecule has 2 heterocycles. The molecule has 0 fully saturated rings. The van der Waals surface area contributed by atoms with E-state index in [-0.39, 0.29) is 5.82 Å². The Morgan fingerprint density at radius 2 is 2.05 bits per heavy atom. The fourth-order valence-corrected chi connectivity index (χ4v) is 2.57. The Labute approximate surface area is 119 Å². The van der Waals surface area contributed by atoms with Crippen LogP contribution in [0.3, 0.4) is 0 Å². The second kappa shape index (κ2) is 5.19. The van der Waals surface area contributed by atoms with Crippen molar-refractivity contribution in [3.63, 3.8) is 0 Å². The second-order valence-electron chi connectivity index (χ2n) is 4.09. The molecule has 96 valence electrons. The monoisotopic (exact) mass is 281 g/mol. The number of pyridine rings is 1. The number of rotatable bonds is 2. The number of nitriles is 1. The molecule has 0 amide bonds. The second-order valence-corrected chi connectivity index (χ2v) is 4.95. The molecule has 0 aliphatic carbocycles. The minimum absolute atomic E-state index is 0.282. The van der Waals surface area contributed by atoms with Gasteiger partial charge in [0.1, 0.15) is 22.6 Å². The lowest BCUT2D eigenvalue weighted by Crippen LogP contribution is -1.85. The number of hydrogen-bond donors (Lipinski definition) is 0. The summed E-state index contributed by atoms with van der Waals surface area (Å²) in [6.45, 7) is 0. The van der Waals surface area contributed by atoms with Gasteiger partial charge >= 0.3 is 0 Å². The first-order chi connectivity index (χ1) is 9.76. The van der Waals surface area contributed by atoms with Crippen molar-refractivity contribution in [1.29, 1.82) is 5.26 Å². The third-order valence-electron chi connectivity index (χ3n) is 2.73. The van der Waals surface area contributed by atoms with Gasteiger partial charge in [-0.05, 0) is 24.3 Å². The summed E-state index contributed by atoms with van der Waals surface area (Å²) in [6.07, 6.45) is 1.51. The molecule has 0 bridgehead atoms. The van der Waals surface area contributed by atoms with Crippen LogP contribution in [0.2, 0.25) is 0 Å². The molecule has 20 heavy (non-hydrogen) atoms. The normalized spacial score (nSPS) is 10.2. The third kappa shape index (κ3) is 2.42. The molecule has 0 saturated carbocycles. The van der Waals surface area contributed by atoms with Crippen molar-refractivity contribution >= 4 is 11.3 Å². The van der Waals surface area contributed by atoms with E-state index in [0.717, 1.165) is 16.3 Å². The summed E-state index contributed by atoms with van der Waals surface area (Å²) < 4.78 is 13.2. The highest BCUT2D eigenvalue weighted by molar-refractivity contribution is 7.13. The van der Waals surface area contributed by atoms with E-state index in [1.165, 1.54) is 29.7 Å². The fourth-order valence-electron chi connectivity index (χ4n) is 1.76. The van der Waals surface area contributed by atoms with Crippen molar-refractivity contribution in [2.75, 3.05) is 0 Å². The minimum atomic E-state index is -0.282. The van der Waals surface area contributed by atoms with Crippen LogP contribution >= 0.6 is 11.3 Å². The van der Waals surface area contributed by atoms with Gasteiger partial charge in [0.15, 0.2) is 0 Å². The summed E-state index contributed by atoms with van der Waals surface area (Å²) >= 11 is 1.43. The van der Waals surface area contributed by atoms with Gasteiger partial charge in [-0.2, -0.15) is 5.26 Å². The standard InChI is InChI=1S/C15H8FN3S/c16-12-3-1-2-11(6-12)15-19-14(9-20-15)13-5-4-10(7-17)8-18-13/h1-6,8-9H. The fraction of sp³-hybridized carbons (Fsp3) is 0. The zero-order valence-corrected chi connectivity index (χ0v) is 11.1. The van der Waals surface area contributed by atoms with Gasteiger partial charge in [0.2, 0.25) is 0 Å². The summed E-state index contributed by atoms with van der Waals surface area (Å²) in [4.78, 5) is 8.65. The Morgan fingerprint density at radius 1 is 1.15 bits per heavy atom. The Balaban J connectivity index is 1.95. The molecular formula is C15H8FN3S. The van der Waals surface area contributed by atoms with Gasteiger partial charge < -0.3 is 0 Å². The van der Waals surface area contributed by atoms with Crippen LogP contribution in [0.5, 0.6) is 0 Å². The summed E-state index contributed by atoms with van der Waals surface area (Å²) in [5.74, 6) is -0.282. The van der Waals surface area contributed by atoms with Crippen LogP contribution in [-0.4, -0.2) is 9.97 Å². The van der Waals surface area contributed by atoms with E-state index in [1.54, 1.807) is 18.2 Å². The van der Waals surface area contributed by atoms with Gasteiger partial charge in [0, 0.05) is 17.1 Å². The molecule has 3 aromatic rings. The van der Waals surface area contributed by atoms with Crippen molar-refractivity contribution in [2.45, 2.75) is 0 Å². The molecule has 0 unspecified atom stereocenters. The SMILES string of the molecule is N#Cc1ccc(-c2csc(-c3cccc(F)c3)n2)nc1. The summed E-state index contributed by atoms with van der Waals surface area (Å²) in [5.41, 5.74) is 2.67. The van der Waals surface area contributed by atoms with Crippen LogP contribution in [0.1, 0.15) is 5.56 Å². The molecule has 0 N–H and O–H groups in total. The zero-order chi connectivity index (χ0) is 13.9. The first kappa shape index (κ1) is 12.5. The van der Waals surface area contributed by atoms with E-state index < -0.39 is 0 Å².